The second-order valence-corrected chi connectivity index (χ2v) is 9.38. The van der Waals surface area contributed by atoms with Crippen LogP contribution >= 0.6 is 0 Å². The van der Waals surface area contributed by atoms with Gasteiger partial charge in [0, 0.05) is 57.2 Å². The van der Waals surface area contributed by atoms with Crippen molar-refractivity contribution in [3.63, 3.8) is 0 Å². The van der Waals surface area contributed by atoms with Gasteiger partial charge in [-0.05, 0) is 65.0 Å². The monoisotopic (exact) mass is 388 g/mol. The number of fused-ring (bicyclic) bond motifs is 3. The third-order valence-electron chi connectivity index (χ3n) is 7.49. The van der Waals surface area contributed by atoms with Gasteiger partial charge in [0.2, 0.25) is 0 Å². The minimum absolute atomic E-state index is 0.790. The van der Waals surface area contributed by atoms with E-state index in [9.17, 15) is 0 Å². The molecule has 4 heteroatoms. The molecule has 0 spiro atoms. The van der Waals surface area contributed by atoms with Crippen LogP contribution in [-0.4, -0.2) is 32.7 Å². The molecule has 4 aliphatic rings. The van der Waals surface area contributed by atoms with Crippen molar-refractivity contribution in [1.82, 2.24) is 10.6 Å². The Labute approximate surface area is 174 Å². The summed E-state index contributed by atoms with van der Waals surface area (Å²) in [4.78, 5) is 2.70. The molecule has 2 atom stereocenters. The third-order valence-corrected chi connectivity index (χ3v) is 7.49. The SMILES string of the molecule is c1cc2c(cc1Cc1cc3c4c(c1)C1CCCC1CN4CCNC3)CNCCN2. The van der Waals surface area contributed by atoms with Crippen LogP contribution in [0.2, 0.25) is 0 Å². The summed E-state index contributed by atoms with van der Waals surface area (Å²) in [7, 11) is 0. The number of hydrogen-bond donors (Lipinski definition) is 3. The molecular formula is C25H32N4. The highest BCUT2D eigenvalue weighted by atomic mass is 15.2. The minimum atomic E-state index is 0.790. The molecule has 3 N–H and O–H groups in total. The summed E-state index contributed by atoms with van der Waals surface area (Å²) in [6, 6.07) is 12.1. The maximum atomic E-state index is 3.67. The van der Waals surface area contributed by atoms with E-state index in [1.165, 1.54) is 53.7 Å². The average molecular weight is 389 g/mol. The van der Waals surface area contributed by atoms with Crippen molar-refractivity contribution in [2.75, 3.05) is 42.9 Å². The van der Waals surface area contributed by atoms with E-state index >= 15 is 0 Å². The standard InChI is InChI=1S/C25H32N4/c1-2-19-16-29-9-8-27-15-21-12-18(13-23(25(21)29)22(19)3-1)10-17-4-5-24-20(11-17)14-26-6-7-28-24/h4-5,11-13,19,22,26-28H,1-3,6-10,14-16H2. The Hall–Kier alpha value is -2.04. The first-order chi connectivity index (χ1) is 14.3. The zero-order valence-electron chi connectivity index (χ0n) is 17.3. The zero-order valence-corrected chi connectivity index (χ0v) is 17.3. The highest BCUT2D eigenvalue weighted by Crippen LogP contribution is 2.49. The fourth-order valence-corrected chi connectivity index (χ4v) is 6.19. The summed E-state index contributed by atoms with van der Waals surface area (Å²) in [6.07, 6.45) is 5.24. The molecule has 1 aliphatic carbocycles. The molecule has 3 aliphatic heterocycles. The first-order valence-electron chi connectivity index (χ1n) is 11.5. The van der Waals surface area contributed by atoms with Crippen molar-refractivity contribution in [2.24, 2.45) is 5.92 Å². The molecule has 0 amide bonds. The highest BCUT2D eigenvalue weighted by molar-refractivity contribution is 5.65. The maximum Gasteiger partial charge on any atom is 0.0448 e. The van der Waals surface area contributed by atoms with Crippen molar-refractivity contribution in [3.05, 3.63) is 58.1 Å². The summed E-state index contributed by atoms with van der Waals surface area (Å²) in [6.45, 7) is 7.56. The van der Waals surface area contributed by atoms with Crippen molar-refractivity contribution in [3.8, 4) is 0 Å². The first-order valence-corrected chi connectivity index (χ1v) is 11.5. The van der Waals surface area contributed by atoms with Crippen molar-refractivity contribution >= 4 is 11.4 Å². The van der Waals surface area contributed by atoms with E-state index in [4.69, 9.17) is 0 Å². The van der Waals surface area contributed by atoms with Gasteiger partial charge in [-0.1, -0.05) is 30.7 Å². The molecule has 3 heterocycles. The second-order valence-electron chi connectivity index (χ2n) is 9.38. The summed E-state index contributed by atoms with van der Waals surface area (Å²) >= 11 is 0. The normalized spacial score (nSPS) is 25.3. The lowest BCUT2D eigenvalue weighted by Crippen LogP contribution is -2.38. The number of hydrogen-bond acceptors (Lipinski definition) is 4. The molecular weight excluding hydrogens is 356 g/mol. The molecule has 0 radical (unpaired) electrons. The zero-order chi connectivity index (χ0) is 19.2. The third kappa shape index (κ3) is 3.23. The number of nitrogens with zero attached hydrogens (tertiary/aromatic N) is 1. The molecule has 152 valence electrons. The average Bonchev–Trinajstić information content (AvgIpc) is 2.95. The van der Waals surface area contributed by atoms with Crippen LogP contribution in [0.15, 0.2) is 30.3 Å². The fourth-order valence-electron chi connectivity index (χ4n) is 6.19. The van der Waals surface area contributed by atoms with E-state index in [2.05, 4.69) is 51.2 Å². The van der Waals surface area contributed by atoms with E-state index in [-0.39, 0.29) is 0 Å². The quantitative estimate of drug-likeness (QED) is 0.735. The Balaban J connectivity index is 1.37. The Kier molecular flexibility index (Phi) is 4.50. The topological polar surface area (TPSA) is 39.3 Å². The van der Waals surface area contributed by atoms with Gasteiger partial charge in [-0.25, -0.2) is 0 Å². The van der Waals surface area contributed by atoms with Crippen LogP contribution in [0.1, 0.15) is 53.0 Å². The molecule has 0 saturated heterocycles. The lowest BCUT2D eigenvalue weighted by atomic mass is 9.81. The molecule has 2 aromatic rings. The van der Waals surface area contributed by atoms with Crippen molar-refractivity contribution < 1.29 is 0 Å². The van der Waals surface area contributed by atoms with Crippen LogP contribution in [0, 0.1) is 5.92 Å². The second kappa shape index (κ2) is 7.33. The van der Waals surface area contributed by atoms with Crippen LogP contribution in [0.3, 0.4) is 0 Å². The lowest BCUT2D eigenvalue weighted by molar-refractivity contribution is 0.454. The van der Waals surface area contributed by atoms with Gasteiger partial charge in [0.15, 0.2) is 0 Å². The molecule has 29 heavy (non-hydrogen) atoms. The van der Waals surface area contributed by atoms with Gasteiger partial charge in [-0.15, -0.1) is 0 Å². The smallest absolute Gasteiger partial charge is 0.0448 e. The molecule has 6 rings (SSSR count). The molecule has 2 unspecified atom stereocenters. The van der Waals surface area contributed by atoms with Gasteiger partial charge in [0.25, 0.3) is 0 Å². The fraction of sp³-hybridized carbons (Fsp3) is 0.520. The van der Waals surface area contributed by atoms with Crippen LogP contribution in [-0.2, 0) is 19.5 Å². The van der Waals surface area contributed by atoms with E-state index in [0.29, 0.717) is 0 Å². The number of anilines is 2. The maximum absolute atomic E-state index is 3.67. The predicted molar refractivity (Wildman–Crippen MR) is 120 cm³/mol. The van der Waals surface area contributed by atoms with Gasteiger partial charge < -0.3 is 20.9 Å². The molecule has 1 saturated carbocycles. The molecule has 2 aromatic carbocycles. The van der Waals surface area contributed by atoms with Gasteiger partial charge in [0.1, 0.15) is 0 Å². The highest BCUT2D eigenvalue weighted by Gasteiger charge is 2.38. The molecule has 0 bridgehead atoms. The molecule has 0 aromatic heterocycles. The number of rotatable bonds is 2. The van der Waals surface area contributed by atoms with E-state index in [1.807, 2.05) is 0 Å². The first kappa shape index (κ1) is 17.8. The Morgan fingerprint density at radius 1 is 0.897 bits per heavy atom. The molecule has 1 fully saturated rings. The van der Waals surface area contributed by atoms with Gasteiger partial charge in [0.05, 0.1) is 0 Å². The largest absolute Gasteiger partial charge is 0.384 e. The van der Waals surface area contributed by atoms with Crippen LogP contribution in [0.5, 0.6) is 0 Å². The Morgan fingerprint density at radius 2 is 1.79 bits per heavy atom. The summed E-state index contributed by atoms with van der Waals surface area (Å²) in [5.74, 6) is 1.66. The van der Waals surface area contributed by atoms with Gasteiger partial charge in [-0.3, -0.25) is 0 Å². The summed E-state index contributed by atoms with van der Waals surface area (Å²) in [5.41, 5.74) is 10.4. The summed E-state index contributed by atoms with van der Waals surface area (Å²) in [5, 5.41) is 10.7. The van der Waals surface area contributed by atoms with E-state index in [0.717, 1.165) is 57.5 Å². The predicted octanol–water partition coefficient (Wildman–Crippen LogP) is 3.60. The van der Waals surface area contributed by atoms with Crippen molar-refractivity contribution in [1.29, 1.82) is 0 Å². The summed E-state index contributed by atoms with van der Waals surface area (Å²) < 4.78 is 0. The Morgan fingerprint density at radius 3 is 2.79 bits per heavy atom. The Bertz CT molecular complexity index is 921. The molecule has 4 nitrogen and oxygen atoms in total. The van der Waals surface area contributed by atoms with Gasteiger partial charge >= 0.3 is 0 Å². The minimum Gasteiger partial charge on any atom is -0.384 e. The van der Waals surface area contributed by atoms with Gasteiger partial charge in [-0.2, -0.15) is 0 Å². The van der Waals surface area contributed by atoms with Crippen LogP contribution < -0.4 is 20.9 Å². The van der Waals surface area contributed by atoms with E-state index in [1.54, 1.807) is 11.3 Å². The van der Waals surface area contributed by atoms with Crippen molar-refractivity contribution in [2.45, 2.75) is 44.7 Å². The van der Waals surface area contributed by atoms with Crippen LogP contribution in [0.4, 0.5) is 11.4 Å². The van der Waals surface area contributed by atoms with E-state index < -0.39 is 0 Å². The number of nitrogens with one attached hydrogen (secondary N) is 3. The van der Waals surface area contributed by atoms with Crippen LogP contribution in [0.25, 0.3) is 0 Å². The number of benzene rings is 2. The lowest BCUT2D eigenvalue weighted by Gasteiger charge is -2.39.